The molecule has 0 spiro atoms. The van der Waals surface area contributed by atoms with Gasteiger partial charge in [0.15, 0.2) is 0 Å². The summed E-state index contributed by atoms with van der Waals surface area (Å²) in [7, 11) is 4.14. The van der Waals surface area contributed by atoms with Crippen molar-refractivity contribution in [2.75, 3.05) is 61.0 Å². The predicted octanol–water partition coefficient (Wildman–Crippen LogP) is 7.33. The number of rotatable bonds is 16. The Bertz CT molecular complexity index is 2370. The highest BCUT2D eigenvalue weighted by Crippen LogP contribution is 2.65. The smallest absolute Gasteiger partial charge is 0.469 e. The van der Waals surface area contributed by atoms with E-state index in [1.165, 1.54) is 61.9 Å². The monoisotopic (exact) mass is 1160 g/mol. The van der Waals surface area contributed by atoms with Crippen molar-refractivity contribution >= 4 is 54.1 Å². The van der Waals surface area contributed by atoms with Crippen molar-refractivity contribution in [3.05, 3.63) is 0 Å². The molecule has 15 fully saturated rings. The third-order valence-electron chi connectivity index (χ3n) is 20.3. The molecule has 15 aliphatic rings. The largest absolute Gasteiger partial charge is 0.508 e. The van der Waals surface area contributed by atoms with Gasteiger partial charge in [-0.25, -0.2) is 9.59 Å². The lowest BCUT2D eigenvalue weighted by Gasteiger charge is -2.60. The Kier molecular flexibility index (Phi) is 18.5. The summed E-state index contributed by atoms with van der Waals surface area (Å²) >= 11 is 0. The third-order valence-corrected chi connectivity index (χ3v) is 20.3. The first-order valence-corrected chi connectivity index (χ1v) is 29.8. The zero-order valence-electron chi connectivity index (χ0n) is 49.0. The summed E-state index contributed by atoms with van der Waals surface area (Å²) in [5.74, 6) is 0.793. The van der Waals surface area contributed by atoms with Gasteiger partial charge in [0.05, 0.1) is 76.7 Å². The van der Waals surface area contributed by atoms with E-state index in [2.05, 4.69) is 4.74 Å². The van der Waals surface area contributed by atoms with Crippen LogP contribution >= 0.6 is 0 Å². The Morgan fingerprint density at radius 3 is 1.66 bits per heavy atom. The van der Waals surface area contributed by atoms with Crippen molar-refractivity contribution < 1.29 is 105 Å². The van der Waals surface area contributed by atoms with E-state index >= 15 is 0 Å². The molecule has 22 heteroatoms. The summed E-state index contributed by atoms with van der Waals surface area (Å²) in [6.07, 6.45) is 15.7. The standard InChI is InChI=1S/2C16H24O5.C14H18O7.C14H20O5/c1-11(17)20-3-4-21-16-8-12-5-13(9-16)7-15(6-12,10-16)14(18)19-2;1-3-19-14(18)21-16-7-12-4-13(8-16)6-15(5-12,9-16)10-20-11(2)17;1-6(15)19-3-4-20-11-7-5-8-10(9(7)13(16)18-2)14(17)21-12(8)11;1-8(15)18-12-10-3-9-4-11(12)7-14(5-9,6-10)19-13(16)17-2/h2*12-13H,3-10H2,1-2H3;7-12H,3-5H2,1-2H3;9-12H,3-7H2,1-2H3. The van der Waals surface area contributed by atoms with E-state index in [9.17, 15) is 43.2 Å². The first-order valence-electron chi connectivity index (χ1n) is 29.8. The van der Waals surface area contributed by atoms with Crippen LogP contribution in [0.15, 0.2) is 0 Å². The number of esters is 7. The molecule has 14 saturated carbocycles. The quantitative estimate of drug-likeness (QED) is 0.0830. The molecule has 1 saturated heterocycles. The van der Waals surface area contributed by atoms with E-state index in [0.29, 0.717) is 61.2 Å². The molecule has 0 amide bonds. The molecule has 14 bridgehead atoms. The lowest BCUT2D eigenvalue weighted by molar-refractivity contribution is -0.211. The van der Waals surface area contributed by atoms with Crippen LogP contribution in [0.4, 0.5) is 9.59 Å². The SMILES string of the molecule is CCOC(=O)OC12CC3CC(CC(COC(C)=O)(C3)C1)C2.COC(=O)C12CC3CC(CC(OCCOC(C)=O)(C3)C1)C2.COC(=O)C1C2CC3C(OC(=O)C31)C2OCCOC(C)=O.COC(=O)OC12CC3CC(C1)C(OC(C)=O)C(C3)C2. The highest BCUT2D eigenvalue weighted by molar-refractivity contribution is 5.86. The summed E-state index contributed by atoms with van der Waals surface area (Å²) in [6.45, 7) is 9.29. The van der Waals surface area contributed by atoms with Crippen molar-refractivity contribution in [1.82, 2.24) is 0 Å². The number of fused-ring (bicyclic) bond motifs is 1. The number of ether oxygens (including phenoxy) is 13. The molecular formula is C60H86O22. The summed E-state index contributed by atoms with van der Waals surface area (Å²) in [6, 6.07) is 0. The van der Waals surface area contributed by atoms with Gasteiger partial charge in [-0.3, -0.25) is 33.6 Å². The zero-order chi connectivity index (χ0) is 58.9. The lowest BCUT2D eigenvalue weighted by Crippen LogP contribution is -2.59. The van der Waals surface area contributed by atoms with Gasteiger partial charge in [-0.05, 0) is 152 Å². The number of hydrogen-bond acceptors (Lipinski definition) is 22. The van der Waals surface area contributed by atoms with E-state index in [1.54, 1.807) is 6.92 Å². The minimum atomic E-state index is -0.592. The topological polar surface area (TPSA) is 274 Å². The maximum Gasteiger partial charge on any atom is 0.508 e. The van der Waals surface area contributed by atoms with Gasteiger partial charge >= 0.3 is 54.1 Å². The molecule has 14 aliphatic carbocycles. The number of carbonyl (C=O) groups excluding carboxylic acids is 9. The van der Waals surface area contributed by atoms with E-state index < -0.39 is 23.8 Å². The molecule has 1 heterocycles. The van der Waals surface area contributed by atoms with Crippen LogP contribution in [0.5, 0.6) is 0 Å². The average molecular weight is 1160 g/mol. The second kappa shape index (κ2) is 24.8. The Balaban J connectivity index is 0.000000132. The minimum absolute atomic E-state index is 0.00223. The minimum Gasteiger partial charge on any atom is -0.469 e. The number of hydrogen-bond donors (Lipinski definition) is 0. The van der Waals surface area contributed by atoms with Gasteiger partial charge in [-0.2, -0.15) is 0 Å². The Morgan fingerprint density at radius 1 is 0.524 bits per heavy atom. The van der Waals surface area contributed by atoms with Crippen LogP contribution in [0.2, 0.25) is 0 Å². The normalized spacial score (nSPS) is 40.5. The second-order valence-corrected chi connectivity index (χ2v) is 26.3. The van der Waals surface area contributed by atoms with E-state index in [1.807, 2.05) is 0 Å². The first-order chi connectivity index (χ1) is 39.0. The molecule has 82 heavy (non-hydrogen) atoms. The van der Waals surface area contributed by atoms with Crippen molar-refractivity contribution in [3.63, 3.8) is 0 Å². The van der Waals surface area contributed by atoms with Crippen molar-refractivity contribution in [3.8, 4) is 0 Å². The summed E-state index contributed by atoms with van der Waals surface area (Å²) < 4.78 is 68.6. The van der Waals surface area contributed by atoms with Gasteiger partial charge in [-0.15, -0.1) is 0 Å². The molecule has 0 radical (unpaired) electrons. The van der Waals surface area contributed by atoms with Crippen molar-refractivity contribution in [1.29, 1.82) is 0 Å². The summed E-state index contributed by atoms with van der Waals surface area (Å²) in [5.41, 5.74) is -1.31. The number of methoxy groups -OCH3 is 3. The van der Waals surface area contributed by atoms with Gasteiger partial charge in [0.25, 0.3) is 0 Å². The molecule has 0 aromatic carbocycles. The third kappa shape index (κ3) is 13.2. The van der Waals surface area contributed by atoms with Crippen molar-refractivity contribution in [2.45, 2.75) is 185 Å². The molecular weight excluding hydrogens is 1070 g/mol. The van der Waals surface area contributed by atoms with Gasteiger partial charge in [0.1, 0.15) is 36.6 Å². The van der Waals surface area contributed by atoms with Crippen LogP contribution in [0.3, 0.4) is 0 Å². The molecule has 15 rings (SSSR count). The van der Waals surface area contributed by atoms with Crippen LogP contribution in [0, 0.1) is 75.9 Å². The van der Waals surface area contributed by atoms with E-state index in [4.69, 9.17) is 56.8 Å². The molecule has 12 atom stereocenters. The highest BCUT2D eigenvalue weighted by atomic mass is 16.7. The Hall–Kier alpha value is -5.25. The second-order valence-electron chi connectivity index (χ2n) is 26.3. The predicted molar refractivity (Wildman–Crippen MR) is 281 cm³/mol. The molecule has 0 aromatic heterocycles. The molecule has 22 nitrogen and oxygen atoms in total. The highest BCUT2D eigenvalue weighted by Gasteiger charge is 2.70. The Labute approximate surface area is 479 Å². The molecule has 0 aromatic rings. The van der Waals surface area contributed by atoms with Crippen LogP contribution in [0.25, 0.3) is 0 Å². The zero-order valence-corrected chi connectivity index (χ0v) is 49.0. The summed E-state index contributed by atoms with van der Waals surface area (Å²) in [4.78, 5) is 103. The van der Waals surface area contributed by atoms with Gasteiger partial charge in [0.2, 0.25) is 0 Å². The van der Waals surface area contributed by atoms with Crippen LogP contribution in [-0.4, -0.2) is 150 Å². The van der Waals surface area contributed by atoms with Crippen LogP contribution in [0.1, 0.15) is 150 Å². The molecule has 0 N–H and O–H groups in total. The fourth-order valence-corrected chi connectivity index (χ4v) is 19.1. The Morgan fingerprint density at radius 2 is 1.10 bits per heavy atom. The average Bonchev–Trinajstić information content (AvgIpc) is 1.48. The number of carbonyl (C=O) groups is 9. The van der Waals surface area contributed by atoms with Gasteiger partial charge in [0, 0.05) is 56.8 Å². The lowest BCUT2D eigenvalue weighted by atomic mass is 9.48. The molecule has 1 aliphatic heterocycles. The molecule has 458 valence electrons. The summed E-state index contributed by atoms with van der Waals surface area (Å²) in [5, 5.41) is 0. The van der Waals surface area contributed by atoms with Gasteiger partial charge in [-0.1, -0.05) is 0 Å². The fourth-order valence-electron chi connectivity index (χ4n) is 19.1. The van der Waals surface area contributed by atoms with Gasteiger partial charge < -0.3 is 61.6 Å². The van der Waals surface area contributed by atoms with E-state index in [-0.39, 0.29) is 120 Å². The molecule has 12 unspecified atom stereocenters. The fraction of sp³-hybridized carbons (Fsp3) is 0.850. The van der Waals surface area contributed by atoms with Crippen molar-refractivity contribution in [2.24, 2.45) is 75.9 Å². The maximum atomic E-state index is 12.3. The van der Waals surface area contributed by atoms with E-state index in [0.717, 1.165) is 103 Å². The van der Waals surface area contributed by atoms with Crippen LogP contribution < -0.4 is 0 Å². The first kappa shape index (κ1) is 61.3. The van der Waals surface area contributed by atoms with Crippen LogP contribution in [-0.2, 0) is 95.1 Å². The maximum absolute atomic E-state index is 12.3.